The van der Waals surface area contributed by atoms with Crippen LogP contribution in [0.4, 0.5) is 0 Å². The fraction of sp³-hybridized carbons (Fsp3) is 1.00. The number of nitrogens with zero attached hydrogens (tertiary/aromatic N) is 1. The predicted octanol–water partition coefficient (Wildman–Crippen LogP) is 3.02. The van der Waals surface area contributed by atoms with Crippen molar-refractivity contribution in [3.8, 4) is 0 Å². The molecule has 2 fully saturated rings. The summed E-state index contributed by atoms with van der Waals surface area (Å²) in [6.45, 7) is 4.83. The van der Waals surface area contributed by atoms with Gasteiger partial charge in [0.2, 0.25) is 0 Å². The number of rotatable bonds is 4. The van der Waals surface area contributed by atoms with Crippen LogP contribution in [0.3, 0.4) is 0 Å². The molecule has 1 unspecified atom stereocenters. The van der Waals surface area contributed by atoms with Gasteiger partial charge in [-0.15, -0.1) is 0 Å². The number of likely N-dealkylation sites (tertiary alicyclic amines) is 1. The molecule has 0 aromatic rings. The summed E-state index contributed by atoms with van der Waals surface area (Å²) in [5.41, 5.74) is 6.03. The summed E-state index contributed by atoms with van der Waals surface area (Å²) >= 11 is 0. The van der Waals surface area contributed by atoms with Gasteiger partial charge in [0.25, 0.3) is 0 Å². The zero-order valence-corrected chi connectivity index (χ0v) is 11.4. The van der Waals surface area contributed by atoms with Crippen LogP contribution in [0.1, 0.15) is 57.8 Å². The van der Waals surface area contributed by atoms with Crippen molar-refractivity contribution >= 4 is 0 Å². The van der Waals surface area contributed by atoms with E-state index >= 15 is 0 Å². The SMILES string of the molecule is NCC(CN1CCCCCC1)C1CCCCC1. The topological polar surface area (TPSA) is 29.3 Å². The monoisotopic (exact) mass is 238 g/mol. The van der Waals surface area contributed by atoms with Gasteiger partial charge in [-0.2, -0.15) is 0 Å². The van der Waals surface area contributed by atoms with Gasteiger partial charge < -0.3 is 10.6 Å². The van der Waals surface area contributed by atoms with Crippen LogP contribution in [0.25, 0.3) is 0 Å². The van der Waals surface area contributed by atoms with Gasteiger partial charge in [-0.25, -0.2) is 0 Å². The molecule has 0 amide bonds. The lowest BCUT2D eigenvalue weighted by atomic mass is 9.79. The van der Waals surface area contributed by atoms with Crippen molar-refractivity contribution in [3.63, 3.8) is 0 Å². The number of hydrogen-bond acceptors (Lipinski definition) is 2. The minimum absolute atomic E-state index is 0.772. The van der Waals surface area contributed by atoms with E-state index < -0.39 is 0 Å². The molecular formula is C15H30N2. The van der Waals surface area contributed by atoms with Crippen molar-refractivity contribution in [2.75, 3.05) is 26.2 Å². The largest absolute Gasteiger partial charge is 0.330 e. The lowest BCUT2D eigenvalue weighted by Crippen LogP contribution is -2.38. The maximum absolute atomic E-state index is 6.03. The van der Waals surface area contributed by atoms with E-state index in [4.69, 9.17) is 5.73 Å². The Morgan fingerprint density at radius 1 is 0.882 bits per heavy atom. The van der Waals surface area contributed by atoms with Crippen molar-refractivity contribution in [1.82, 2.24) is 4.90 Å². The summed E-state index contributed by atoms with van der Waals surface area (Å²) in [5.74, 6) is 1.70. The summed E-state index contributed by atoms with van der Waals surface area (Å²) in [6.07, 6.45) is 12.9. The van der Waals surface area contributed by atoms with Gasteiger partial charge in [0, 0.05) is 6.54 Å². The summed E-state index contributed by atoms with van der Waals surface area (Å²) in [5, 5.41) is 0. The molecule has 2 rings (SSSR count). The van der Waals surface area contributed by atoms with Gasteiger partial charge in [0.15, 0.2) is 0 Å². The Kier molecular flexibility index (Phi) is 5.79. The van der Waals surface area contributed by atoms with E-state index in [-0.39, 0.29) is 0 Å². The van der Waals surface area contributed by atoms with Gasteiger partial charge in [-0.1, -0.05) is 44.9 Å². The smallest absolute Gasteiger partial charge is 0.00244 e. The van der Waals surface area contributed by atoms with E-state index in [1.807, 2.05) is 0 Å². The molecule has 2 heteroatoms. The van der Waals surface area contributed by atoms with Gasteiger partial charge in [-0.05, 0) is 44.3 Å². The van der Waals surface area contributed by atoms with E-state index in [2.05, 4.69) is 4.90 Å². The molecule has 2 N–H and O–H groups in total. The minimum Gasteiger partial charge on any atom is -0.330 e. The molecule has 1 aliphatic heterocycles. The predicted molar refractivity (Wildman–Crippen MR) is 74.0 cm³/mol. The normalized spacial score (nSPS) is 26.6. The molecule has 2 aliphatic rings. The fourth-order valence-corrected chi connectivity index (χ4v) is 3.67. The van der Waals surface area contributed by atoms with Gasteiger partial charge in [-0.3, -0.25) is 0 Å². The van der Waals surface area contributed by atoms with Crippen LogP contribution in [0, 0.1) is 11.8 Å². The number of nitrogens with two attached hydrogens (primary N) is 1. The summed E-state index contributed by atoms with van der Waals surface area (Å²) in [4.78, 5) is 2.69. The van der Waals surface area contributed by atoms with Crippen LogP contribution < -0.4 is 5.73 Å². The Hall–Kier alpha value is -0.0800. The van der Waals surface area contributed by atoms with Gasteiger partial charge in [0.05, 0.1) is 0 Å². The Morgan fingerprint density at radius 3 is 2.06 bits per heavy atom. The number of hydrogen-bond donors (Lipinski definition) is 1. The molecule has 1 aliphatic carbocycles. The molecule has 17 heavy (non-hydrogen) atoms. The first-order chi connectivity index (χ1) is 8.40. The Labute approximate surface area is 107 Å². The molecule has 1 saturated carbocycles. The van der Waals surface area contributed by atoms with E-state index in [0.29, 0.717) is 0 Å². The summed E-state index contributed by atoms with van der Waals surface area (Å²) < 4.78 is 0. The van der Waals surface area contributed by atoms with Crippen LogP contribution >= 0.6 is 0 Å². The molecule has 0 spiro atoms. The summed E-state index contributed by atoms with van der Waals surface area (Å²) in [6, 6.07) is 0. The first-order valence-electron chi connectivity index (χ1n) is 7.82. The second kappa shape index (κ2) is 7.38. The van der Waals surface area contributed by atoms with Gasteiger partial charge >= 0.3 is 0 Å². The minimum atomic E-state index is 0.772. The van der Waals surface area contributed by atoms with Crippen molar-refractivity contribution < 1.29 is 0 Å². The van der Waals surface area contributed by atoms with E-state index in [1.54, 1.807) is 0 Å². The third kappa shape index (κ3) is 4.26. The Balaban J connectivity index is 1.80. The standard InChI is InChI=1S/C15H30N2/c16-12-15(14-8-4-3-5-9-14)13-17-10-6-1-2-7-11-17/h14-15H,1-13,16H2. The average Bonchev–Trinajstić information content (AvgIpc) is 2.65. The molecule has 0 aromatic heterocycles. The van der Waals surface area contributed by atoms with Gasteiger partial charge in [0.1, 0.15) is 0 Å². The van der Waals surface area contributed by atoms with Crippen LogP contribution in [0.15, 0.2) is 0 Å². The van der Waals surface area contributed by atoms with Crippen LogP contribution in [-0.4, -0.2) is 31.1 Å². The van der Waals surface area contributed by atoms with E-state index in [0.717, 1.165) is 18.4 Å². The third-order valence-corrected chi connectivity index (χ3v) is 4.81. The lowest BCUT2D eigenvalue weighted by Gasteiger charge is -2.33. The van der Waals surface area contributed by atoms with Crippen molar-refractivity contribution in [1.29, 1.82) is 0 Å². The molecule has 2 nitrogen and oxygen atoms in total. The van der Waals surface area contributed by atoms with Crippen LogP contribution in [0.5, 0.6) is 0 Å². The molecule has 0 aromatic carbocycles. The molecule has 0 radical (unpaired) electrons. The van der Waals surface area contributed by atoms with Crippen LogP contribution in [0.2, 0.25) is 0 Å². The molecular weight excluding hydrogens is 208 g/mol. The quantitative estimate of drug-likeness (QED) is 0.816. The van der Waals surface area contributed by atoms with E-state index in [1.165, 1.54) is 77.4 Å². The highest BCUT2D eigenvalue weighted by atomic mass is 15.1. The fourth-order valence-electron chi connectivity index (χ4n) is 3.67. The van der Waals surface area contributed by atoms with Crippen LogP contribution in [-0.2, 0) is 0 Å². The highest BCUT2D eigenvalue weighted by Gasteiger charge is 2.24. The lowest BCUT2D eigenvalue weighted by molar-refractivity contribution is 0.170. The molecule has 1 atom stereocenters. The van der Waals surface area contributed by atoms with E-state index in [9.17, 15) is 0 Å². The Bertz CT molecular complexity index is 191. The zero-order chi connectivity index (χ0) is 11.9. The highest BCUT2D eigenvalue weighted by Crippen LogP contribution is 2.30. The molecule has 1 saturated heterocycles. The maximum Gasteiger partial charge on any atom is 0.00244 e. The second-order valence-electron chi connectivity index (χ2n) is 6.11. The van der Waals surface area contributed by atoms with Crippen molar-refractivity contribution in [2.45, 2.75) is 57.8 Å². The zero-order valence-electron chi connectivity index (χ0n) is 11.4. The first kappa shape index (κ1) is 13.4. The molecule has 1 heterocycles. The maximum atomic E-state index is 6.03. The highest BCUT2D eigenvalue weighted by molar-refractivity contribution is 4.78. The summed E-state index contributed by atoms with van der Waals surface area (Å²) in [7, 11) is 0. The third-order valence-electron chi connectivity index (χ3n) is 4.81. The molecule has 100 valence electrons. The second-order valence-corrected chi connectivity index (χ2v) is 6.11. The Morgan fingerprint density at radius 2 is 1.47 bits per heavy atom. The average molecular weight is 238 g/mol. The molecule has 0 bridgehead atoms. The van der Waals surface area contributed by atoms with Crippen molar-refractivity contribution in [3.05, 3.63) is 0 Å². The van der Waals surface area contributed by atoms with Crippen molar-refractivity contribution in [2.24, 2.45) is 17.6 Å². The first-order valence-corrected chi connectivity index (χ1v) is 7.82.